The van der Waals surface area contributed by atoms with E-state index in [2.05, 4.69) is 243 Å². The molecule has 330 valence electrons. The van der Waals surface area contributed by atoms with Crippen LogP contribution in [0.25, 0.3) is 142 Å². The Labute approximate surface area is 414 Å². The Balaban J connectivity index is 0.981. The molecule has 0 N–H and O–H groups in total. The van der Waals surface area contributed by atoms with Crippen LogP contribution in [0.5, 0.6) is 0 Å². The van der Waals surface area contributed by atoms with Crippen molar-refractivity contribution in [2.45, 2.75) is 5.41 Å². The topological polar surface area (TPSA) is 13.1 Å². The van der Waals surface area contributed by atoms with Crippen molar-refractivity contribution in [1.82, 2.24) is 0 Å². The summed E-state index contributed by atoms with van der Waals surface area (Å²) < 4.78 is 6.62. The summed E-state index contributed by atoms with van der Waals surface area (Å²) in [6.45, 7) is 0. The maximum atomic E-state index is 6.62. The first-order valence-corrected chi connectivity index (χ1v) is 25.2. The van der Waals surface area contributed by atoms with E-state index in [1.807, 2.05) is 0 Å². The van der Waals surface area contributed by atoms with Crippen LogP contribution >= 0.6 is 0 Å². The first-order valence-electron chi connectivity index (χ1n) is 25.2. The van der Waals surface area contributed by atoms with Gasteiger partial charge >= 0.3 is 0 Å². The molecular weight excluding hydrogens is 869 g/mol. The first kappa shape index (κ1) is 38.5. The first-order chi connectivity index (χ1) is 35.8. The predicted molar refractivity (Wildman–Crippen MR) is 303 cm³/mol. The van der Waals surface area contributed by atoms with Crippen LogP contribution in [0, 0.1) is 0 Å². The Morgan fingerprint density at radius 3 is 1.21 bits per heavy atom. The van der Waals surface area contributed by atoms with Gasteiger partial charge in [0.2, 0.25) is 0 Å². The molecule has 15 aromatic rings. The van der Waals surface area contributed by atoms with E-state index < -0.39 is 5.41 Å². The van der Waals surface area contributed by atoms with Crippen molar-refractivity contribution in [3.63, 3.8) is 0 Å². The second kappa shape index (κ2) is 13.9. The van der Waals surface area contributed by atoms with E-state index in [1.54, 1.807) is 0 Å². The number of furan rings is 1. The minimum atomic E-state index is -0.569. The largest absolute Gasteiger partial charge is 0.455 e. The van der Waals surface area contributed by atoms with Crippen LogP contribution < -0.4 is 0 Å². The third-order valence-corrected chi connectivity index (χ3v) is 16.8. The molecule has 14 aromatic carbocycles. The molecule has 72 heavy (non-hydrogen) atoms. The van der Waals surface area contributed by atoms with E-state index in [9.17, 15) is 0 Å². The Hall–Kier alpha value is -9.30. The van der Waals surface area contributed by atoms with Crippen LogP contribution in [-0.2, 0) is 5.41 Å². The van der Waals surface area contributed by atoms with Gasteiger partial charge in [-0.25, -0.2) is 0 Å². The Kier molecular flexibility index (Phi) is 7.46. The lowest BCUT2D eigenvalue weighted by Crippen LogP contribution is -2.26. The number of rotatable bonds is 2. The van der Waals surface area contributed by atoms with E-state index in [0.29, 0.717) is 0 Å². The standard InChI is InChI=1S/C71H40O/c1-2-18-44-41(17-1)33-37-58-60-40-43(35-38-63(60)72-70(44)58)65-54-28-10-8-26-52(54)64(53-27-9-11-29-55(53)65)42-34-36-57-59(39-42)47-21-4-7-25-51(47)67-66-50-24-6-3-19-45(50)46-20-5-12-30-56(46)68(66)71(69(57)67)61-31-15-13-22-48(61)49-23-14-16-32-62(49)71/h1-40H. The van der Waals surface area contributed by atoms with Gasteiger partial charge in [0.05, 0.1) is 5.41 Å². The van der Waals surface area contributed by atoms with Crippen LogP contribution in [0.15, 0.2) is 247 Å². The normalized spacial score (nSPS) is 13.4. The predicted octanol–water partition coefficient (Wildman–Crippen LogP) is 19.3. The lowest BCUT2D eigenvalue weighted by Gasteiger charge is -2.33. The van der Waals surface area contributed by atoms with Gasteiger partial charge in [-0.1, -0.05) is 218 Å². The van der Waals surface area contributed by atoms with Gasteiger partial charge in [0.15, 0.2) is 0 Å². The van der Waals surface area contributed by atoms with E-state index >= 15 is 0 Å². The molecule has 2 aliphatic carbocycles. The van der Waals surface area contributed by atoms with Crippen molar-refractivity contribution in [3.05, 3.63) is 265 Å². The number of hydrogen-bond donors (Lipinski definition) is 0. The van der Waals surface area contributed by atoms with Gasteiger partial charge in [-0.3, -0.25) is 0 Å². The van der Waals surface area contributed by atoms with Gasteiger partial charge in [-0.05, 0) is 161 Å². The summed E-state index contributed by atoms with van der Waals surface area (Å²) in [4.78, 5) is 0. The maximum absolute atomic E-state index is 6.62. The molecule has 0 atom stereocenters. The molecule has 17 rings (SSSR count). The molecule has 0 amide bonds. The zero-order chi connectivity index (χ0) is 46.8. The average molecular weight is 909 g/mol. The molecule has 0 radical (unpaired) electrons. The van der Waals surface area contributed by atoms with Crippen LogP contribution in [0.1, 0.15) is 22.3 Å². The van der Waals surface area contributed by atoms with Crippen molar-refractivity contribution >= 4 is 97.3 Å². The summed E-state index contributed by atoms with van der Waals surface area (Å²) in [5.41, 5.74) is 17.0. The quantitative estimate of drug-likeness (QED) is 0.124. The summed E-state index contributed by atoms with van der Waals surface area (Å²) in [6, 6.07) is 91.3. The maximum Gasteiger partial charge on any atom is 0.143 e. The van der Waals surface area contributed by atoms with Crippen LogP contribution in [0.3, 0.4) is 0 Å². The summed E-state index contributed by atoms with van der Waals surface area (Å²) in [5.74, 6) is 0. The molecule has 0 saturated carbocycles. The van der Waals surface area contributed by atoms with Crippen molar-refractivity contribution in [1.29, 1.82) is 0 Å². The van der Waals surface area contributed by atoms with Crippen LogP contribution in [0.2, 0.25) is 0 Å². The zero-order valence-electron chi connectivity index (χ0n) is 39.0. The molecule has 0 aliphatic heterocycles. The fraction of sp³-hybridized carbons (Fsp3) is 0.0141. The van der Waals surface area contributed by atoms with Gasteiger partial charge in [-0.2, -0.15) is 0 Å². The number of hydrogen-bond acceptors (Lipinski definition) is 1. The Morgan fingerprint density at radius 2 is 0.639 bits per heavy atom. The molecule has 1 nitrogen and oxygen atoms in total. The van der Waals surface area contributed by atoms with E-state index in [0.717, 1.165) is 27.3 Å². The van der Waals surface area contributed by atoms with E-state index in [4.69, 9.17) is 4.42 Å². The van der Waals surface area contributed by atoms with Crippen LogP contribution in [0.4, 0.5) is 0 Å². The highest BCUT2D eigenvalue weighted by Crippen LogP contribution is 2.68. The van der Waals surface area contributed by atoms with Crippen molar-refractivity contribution in [2.75, 3.05) is 0 Å². The third kappa shape index (κ3) is 4.74. The number of benzene rings is 14. The molecule has 1 aromatic heterocycles. The highest BCUT2D eigenvalue weighted by molar-refractivity contribution is 6.29. The minimum Gasteiger partial charge on any atom is -0.455 e. The van der Waals surface area contributed by atoms with Crippen molar-refractivity contribution in [2.24, 2.45) is 0 Å². The second-order valence-corrected chi connectivity index (χ2v) is 20.1. The summed E-state index contributed by atoms with van der Waals surface area (Å²) in [6.07, 6.45) is 0. The molecule has 0 fully saturated rings. The second-order valence-electron chi connectivity index (χ2n) is 20.1. The Bertz CT molecular complexity index is 4830. The third-order valence-electron chi connectivity index (χ3n) is 16.8. The van der Waals surface area contributed by atoms with Crippen molar-refractivity contribution < 1.29 is 4.42 Å². The van der Waals surface area contributed by atoms with Gasteiger partial charge < -0.3 is 4.42 Å². The molecule has 2 aliphatic rings. The molecule has 0 unspecified atom stereocenters. The Morgan fingerprint density at radius 1 is 0.250 bits per heavy atom. The number of fused-ring (bicyclic) bond motifs is 27. The average Bonchev–Trinajstić information content (AvgIpc) is 4.09. The zero-order valence-corrected chi connectivity index (χ0v) is 39.0. The smallest absolute Gasteiger partial charge is 0.143 e. The lowest BCUT2D eigenvalue weighted by molar-refractivity contribution is 0.672. The fourth-order valence-electron chi connectivity index (χ4n) is 14.1. The van der Waals surface area contributed by atoms with Crippen LogP contribution in [-0.4, -0.2) is 0 Å². The van der Waals surface area contributed by atoms with Gasteiger partial charge in [-0.15, -0.1) is 0 Å². The van der Waals surface area contributed by atoms with Gasteiger partial charge in [0.1, 0.15) is 11.2 Å². The molecular formula is C71H40O. The minimum absolute atomic E-state index is 0.569. The summed E-state index contributed by atoms with van der Waals surface area (Å²) in [7, 11) is 0. The summed E-state index contributed by atoms with van der Waals surface area (Å²) in [5, 5.41) is 19.9. The molecule has 0 bridgehead atoms. The highest BCUT2D eigenvalue weighted by Gasteiger charge is 2.54. The van der Waals surface area contributed by atoms with Gasteiger partial charge in [0.25, 0.3) is 0 Å². The summed E-state index contributed by atoms with van der Waals surface area (Å²) >= 11 is 0. The molecule has 1 heterocycles. The molecule has 1 heteroatoms. The monoisotopic (exact) mass is 908 g/mol. The van der Waals surface area contributed by atoms with E-state index in [-0.39, 0.29) is 0 Å². The van der Waals surface area contributed by atoms with Gasteiger partial charge in [0, 0.05) is 16.2 Å². The van der Waals surface area contributed by atoms with Crippen molar-refractivity contribution in [3.8, 4) is 44.5 Å². The SMILES string of the molecule is c1ccc2c(c1)-c1ccccc1C21c2c(c3ccccc3c3ccccc23)-c2c1c1ccc(-c3c4ccccc4c(-c4ccc5oc6c7ccccc7ccc6c5c4)c4ccccc34)cc1c1ccccc21. The molecule has 0 saturated heterocycles. The fourth-order valence-corrected chi connectivity index (χ4v) is 14.1. The molecule has 1 spiro atoms. The van der Waals surface area contributed by atoms with E-state index in [1.165, 1.54) is 137 Å². The highest BCUT2D eigenvalue weighted by atomic mass is 16.3. The lowest BCUT2D eigenvalue weighted by atomic mass is 9.67.